The summed E-state index contributed by atoms with van der Waals surface area (Å²) < 4.78 is 14.1. The predicted molar refractivity (Wildman–Crippen MR) is 78.2 cm³/mol. The molecular weight excluding hydrogens is 358 g/mol. The number of hydrogen-bond donors (Lipinski definition) is 1. The maximum atomic E-state index is 13.1. The van der Waals surface area contributed by atoms with Gasteiger partial charge in [-0.2, -0.15) is 5.26 Å². The summed E-state index contributed by atoms with van der Waals surface area (Å²) in [5.41, 5.74) is 0.803. The Balaban J connectivity index is 2.22. The van der Waals surface area contributed by atoms with Crippen molar-refractivity contribution in [2.45, 2.75) is 0 Å². The third kappa shape index (κ3) is 3.29. The summed E-state index contributed by atoms with van der Waals surface area (Å²) in [6.07, 6.45) is 0. The van der Waals surface area contributed by atoms with E-state index in [1.807, 2.05) is 6.07 Å². The molecule has 0 saturated heterocycles. The lowest BCUT2D eigenvalue weighted by Gasteiger charge is -2.06. The second kappa shape index (κ2) is 5.80. The lowest BCUT2D eigenvalue weighted by Crippen LogP contribution is -2.12. The first-order valence-corrected chi connectivity index (χ1v) is 6.44. The van der Waals surface area contributed by atoms with E-state index in [-0.39, 0.29) is 11.5 Å². The van der Waals surface area contributed by atoms with Gasteiger partial charge in [0.1, 0.15) is 11.9 Å². The van der Waals surface area contributed by atoms with Crippen LogP contribution in [0.1, 0.15) is 15.9 Å². The van der Waals surface area contributed by atoms with E-state index in [1.165, 1.54) is 12.1 Å². The minimum Gasteiger partial charge on any atom is -0.322 e. The number of rotatable bonds is 2. The van der Waals surface area contributed by atoms with E-state index >= 15 is 0 Å². The van der Waals surface area contributed by atoms with E-state index in [2.05, 4.69) is 27.9 Å². The monoisotopic (exact) mass is 366 g/mol. The molecule has 0 fully saturated rings. The van der Waals surface area contributed by atoms with Gasteiger partial charge in [0.25, 0.3) is 5.91 Å². The van der Waals surface area contributed by atoms with E-state index in [4.69, 9.17) is 5.26 Å². The van der Waals surface area contributed by atoms with Crippen molar-refractivity contribution >= 4 is 34.2 Å². The smallest absolute Gasteiger partial charge is 0.255 e. The molecule has 2 aromatic carbocycles. The van der Waals surface area contributed by atoms with Crippen molar-refractivity contribution in [2.24, 2.45) is 0 Å². The summed E-state index contributed by atoms with van der Waals surface area (Å²) in [5.74, 6) is -0.899. The number of nitrogens with zero attached hydrogens (tertiary/aromatic N) is 1. The molecule has 5 heteroatoms. The average Bonchev–Trinajstić information content (AvgIpc) is 2.41. The van der Waals surface area contributed by atoms with Crippen molar-refractivity contribution in [3.8, 4) is 6.07 Å². The number of nitriles is 1. The van der Waals surface area contributed by atoms with Crippen LogP contribution >= 0.6 is 22.6 Å². The Kier molecular flexibility index (Phi) is 4.12. The van der Waals surface area contributed by atoms with Gasteiger partial charge in [0.2, 0.25) is 0 Å². The van der Waals surface area contributed by atoms with Crippen LogP contribution in [0.5, 0.6) is 0 Å². The van der Waals surface area contributed by atoms with Crippen molar-refractivity contribution in [1.82, 2.24) is 0 Å². The minimum absolute atomic E-state index is 0.0968. The van der Waals surface area contributed by atoms with Crippen LogP contribution in [0.2, 0.25) is 0 Å². The summed E-state index contributed by atoms with van der Waals surface area (Å²) >= 11 is 2.11. The number of carbonyl (C=O) groups excluding carboxylic acids is 1. The maximum Gasteiger partial charge on any atom is 0.255 e. The highest BCUT2D eigenvalue weighted by Gasteiger charge is 2.08. The van der Waals surface area contributed by atoms with Crippen molar-refractivity contribution in [3.05, 3.63) is 63.0 Å². The maximum absolute atomic E-state index is 13.1. The number of carbonyl (C=O) groups is 1. The van der Waals surface area contributed by atoms with Gasteiger partial charge in [-0.15, -0.1) is 0 Å². The zero-order valence-corrected chi connectivity index (χ0v) is 11.8. The summed E-state index contributed by atoms with van der Waals surface area (Å²) in [7, 11) is 0. The van der Waals surface area contributed by atoms with Gasteiger partial charge >= 0.3 is 0 Å². The van der Waals surface area contributed by atoms with Crippen LogP contribution in [0.15, 0.2) is 42.5 Å². The molecule has 2 rings (SSSR count). The molecule has 94 valence electrons. The van der Waals surface area contributed by atoms with Gasteiger partial charge in [-0.1, -0.05) is 6.07 Å². The Bertz CT molecular complexity index is 679. The molecule has 0 aliphatic heterocycles. The fraction of sp³-hybridized carbons (Fsp3) is 0. The quantitative estimate of drug-likeness (QED) is 0.827. The van der Waals surface area contributed by atoms with Crippen LogP contribution in [0.3, 0.4) is 0 Å². The molecule has 19 heavy (non-hydrogen) atoms. The van der Waals surface area contributed by atoms with E-state index in [9.17, 15) is 9.18 Å². The normalized spacial score (nSPS) is 9.74. The molecule has 0 spiro atoms. The Morgan fingerprint density at radius 1 is 1.26 bits per heavy atom. The molecule has 0 heterocycles. The SMILES string of the molecule is N#Cc1cc(NC(=O)c2cccc(I)c2)ccc1F. The second-order valence-electron chi connectivity index (χ2n) is 3.77. The lowest BCUT2D eigenvalue weighted by molar-refractivity contribution is 0.102. The molecule has 1 amide bonds. The van der Waals surface area contributed by atoms with Crippen LogP contribution in [0.25, 0.3) is 0 Å². The molecule has 2 aromatic rings. The second-order valence-corrected chi connectivity index (χ2v) is 5.02. The average molecular weight is 366 g/mol. The number of benzene rings is 2. The van der Waals surface area contributed by atoms with Gasteiger partial charge in [-0.25, -0.2) is 4.39 Å². The Labute approximate surface area is 123 Å². The Hall–Kier alpha value is -1.94. The predicted octanol–water partition coefficient (Wildman–Crippen LogP) is 3.55. The number of amides is 1. The van der Waals surface area contributed by atoms with Crippen molar-refractivity contribution in [2.75, 3.05) is 5.32 Å². The van der Waals surface area contributed by atoms with Gasteiger partial charge in [-0.05, 0) is 59.0 Å². The van der Waals surface area contributed by atoms with Gasteiger partial charge in [-0.3, -0.25) is 4.79 Å². The summed E-state index contributed by atoms with van der Waals surface area (Å²) in [6.45, 7) is 0. The van der Waals surface area contributed by atoms with Crippen molar-refractivity contribution in [1.29, 1.82) is 5.26 Å². The fourth-order valence-electron chi connectivity index (χ4n) is 1.52. The van der Waals surface area contributed by atoms with Gasteiger partial charge in [0, 0.05) is 14.8 Å². The third-order valence-corrected chi connectivity index (χ3v) is 3.10. The highest BCUT2D eigenvalue weighted by atomic mass is 127. The lowest BCUT2D eigenvalue weighted by atomic mass is 10.2. The van der Waals surface area contributed by atoms with Crippen LogP contribution in [0.4, 0.5) is 10.1 Å². The number of hydrogen-bond acceptors (Lipinski definition) is 2. The third-order valence-electron chi connectivity index (χ3n) is 2.43. The number of halogens is 2. The van der Waals surface area contributed by atoms with Crippen LogP contribution in [-0.2, 0) is 0 Å². The van der Waals surface area contributed by atoms with Crippen LogP contribution < -0.4 is 5.32 Å². The Morgan fingerprint density at radius 2 is 2.05 bits per heavy atom. The van der Waals surface area contributed by atoms with Gasteiger partial charge < -0.3 is 5.32 Å². The summed E-state index contributed by atoms with van der Waals surface area (Å²) in [4.78, 5) is 12.0. The standard InChI is InChI=1S/C14H8FIN2O/c15-13-5-4-12(7-10(13)8-17)18-14(19)9-2-1-3-11(16)6-9/h1-7H,(H,18,19). The molecule has 0 aliphatic carbocycles. The Morgan fingerprint density at radius 3 is 2.74 bits per heavy atom. The number of nitrogens with one attached hydrogen (secondary N) is 1. The van der Waals surface area contributed by atoms with E-state index in [0.29, 0.717) is 11.3 Å². The molecule has 0 aromatic heterocycles. The highest BCUT2D eigenvalue weighted by Crippen LogP contribution is 2.15. The molecule has 0 atom stereocenters. The molecule has 3 nitrogen and oxygen atoms in total. The molecule has 0 saturated carbocycles. The zero-order chi connectivity index (χ0) is 13.8. The zero-order valence-electron chi connectivity index (χ0n) is 9.65. The van der Waals surface area contributed by atoms with E-state index in [1.54, 1.807) is 24.3 Å². The first-order chi connectivity index (χ1) is 9.10. The summed E-state index contributed by atoms with van der Waals surface area (Å²) in [6, 6.07) is 12.7. The van der Waals surface area contributed by atoms with Crippen molar-refractivity contribution in [3.63, 3.8) is 0 Å². The first-order valence-electron chi connectivity index (χ1n) is 5.37. The highest BCUT2D eigenvalue weighted by molar-refractivity contribution is 14.1. The molecule has 1 N–H and O–H groups in total. The van der Waals surface area contributed by atoms with Crippen molar-refractivity contribution < 1.29 is 9.18 Å². The summed E-state index contributed by atoms with van der Waals surface area (Å²) in [5, 5.41) is 11.4. The fourth-order valence-corrected chi connectivity index (χ4v) is 2.06. The number of anilines is 1. The largest absolute Gasteiger partial charge is 0.322 e. The topological polar surface area (TPSA) is 52.9 Å². The van der Waals surface area contributed by atoms with E-state index in [0.717, 1.165) is 9.64 Å². The van der Waals surface area contributed by atoms with Crippen LogP contribution in [0, 0.1) is 20.7 Å². The molecule has 0 unspecified atom stereocenters. The van der Waals surface area contributed by atoms with Gasteiger partial charge in [0.15, 0.2) is 0 Å². The van der Waals surface area contributed by atoms with Crippen LogP contribution in [-0.4, -0.2) is 5.91 Å². The molecule has 0 aliphatic rings. The molecule has 0 bridgehead atoms. The first kappa shape index (κ1) is 13.5. The molecular formula is C14H8FIN2O. The van der Waals surface area contributed by atoms with E-state index < -0.39 is 5.82 Å². The van der Waals surface area contributed by atoms with Gasteiger partial charge in [0.05, 0.1) is 5.56 Å². The minimum atomic E-state index is -0.602. The molecule has 0 radical (unpaired) electrons.